The largest absolute Gasteiger partial charge is 0.393 e. The van der Waals surface area contributed by atoms with Crippen LogP contribution < -0.4 is 4.90 Å². The van der Waals surface area contributed by atoms with Crippen LogP contribution in [0.15, 0.2) is 11.2 Å². The van der Waals surface area contributed by atoms with Gasteiger partial charge in [0.1, 0.15) is 31.0 Å². The highest BCUT2D eigenvalue weighted by Crippen LogP contribution is 2.38. The van der Waals surface area contributed by atoms with E-state index in [1.807, 2.05) is 6.92 Å². The van der Waals surface area contributed by atoms with E-state index in [9.17, 15) is 10.2 Å². The SMILES string of the molecule is C/C(CCN1CCCCc2nc(C)c(C)cc21)=N\OC[C@@H](O)[C@H]1O[C@@H]2OC(C)(C)O[C@@H]2[C@H]1O. The minimum Gasteiger partial charge on any atom is -0.393 e. The summed E-state index contributed by atoms with van der Waals surface area (Å²) in [5, 5.41) is 25.0. The fourth-order valence-corrected chi connectivity index (χ4v) is 4.64. The number of rotatable bonds is 7. The van der Waals surface area contributed by atoms with Gasteiger partial charge in [-0.3, -0.25) is 4.98 Å². The Hall–Kier alpha value is -1.78. The zero-order valence-corrected chi connectivity index (χ0v) is 20.3. The van der Waals surface area contributed by atoms with Gasteiger partial charge >= 0.3 is 0 Å². The molecule has 1 aromatic rings. The number of nitrogens with zero attached hydrogens (tertiary/aromatic N) is 3. The molecule has 0 unspecified atom stereocenters. The van der Waals surface area contributed by atoms with E-state index < -0.39 is 36.5 Å². The fraction of sp³-hybridized carbons (Fsp3) is 0.750. The van der Waals surface area contributed by atoms with Crippen LogP contribution in [-0.4, -0.2) is 77.1 Å². The van der Waals surface area contributed by atoms with Crippen LogP contribution in [0.5, 0.6) is 0 Å². The van der Waals surface area contributed by atoms with Crippen LogP contribution in [0.2, 0.25) is 0 Å². The lowest BCUT2D eigenvalue weighted by Crippen LogP contribution is -2.42. The minimum atomic E-state index is -1.05. The summed E-state index contributed by atoms with van der Waals surface area (Å²) in [7, 11) is 0. The molecule has 2 saturated heterocycles. The number of hydrogen-bond donors (Lipinski definition) is 2. The third-order valence-corrected chi connectivity index (χ3v) is 6.60. The van der Waals surface area contributed by atoms with Crippen molar-refractivity contribution in [1.29, 1.82) is 0 Å². The summed E-state index contributed by atoms with van der Waals surface area (Å²) in [4.78, 5) is 12.6. The van der Waals surface area contributed by atoms with Crippen LogP contribution in [0, 0.1) is 13.8 Å². The second-order valence-electron chi connectivity index (χ2n) is 9.80. The molecule has 5 atom stereocenters. The first-order chi connectivity index (χ1) is 15.6. The maximum Gasteiger partial charge on any atom is 0.190 e. The standard InChI is InChI=1S/C24H37N3O6/c1-14-12-18-17(25-16(14)3)8-6-7-10-27(18)11-9-15(2)26-30-13-19(28)21-20(29)22-23(31-21)33-24(4,5)32-22/h12,19-23,28-29H,6-11,13H2,1-5H3/b26-15+/t19-,20+,21-,22-,23-/m1/s1. The van der Waals surface area contributed by atoms with Crippen molar-refractivity contribution in [2.24, 2.45) is 5.16 Å². The Bertz CT molecular complexity index is 876. The molecular formula is C24H37N3O6. The van der Waals surface area contributed by atoms with Crippen molar-refractivity contribution in [1.82, 2.24) is 4.98 Å². The van der Waals surface area contributed by atoms with E-state index >= 15 is 0 Å². The third kappa shape index (κ3) is 5.49. The first kappa shape index (κ1) is 24.3. The van der Waals surface area contributed by atoms with E-state index in [-0.39, 0.29) is 6.61 Å². The molecule has 2 N–H and O–H groups in total. The lowest BCUT2D eigenvalue weighted by atomic mass is 10.1. The lowest BCUT2D eigenvalue weighted by Gasteiger charge is -2.25. The topological polar surface area (TPSA) is 106 Å². The highest BCUT2D eigenvalue weighted by molar-refractivity contribution is 5.81. The quantitative estimate of drug-likeness (QED) is 0.468. The van der Waals surface area contributed by atoms with Crippen molar-refractivity contribution in [2.45, 2.75) is 96.8 Å². The molecule has 0 saturated carbocycles. The Morgan fingerprint density at radius 3 is 2.88 bits per heavy atom. The molecular weight excluding hydrogens is 426 g/mol. The highest BCUT2D eigenvalue weighted by Gasteiger charge is 2.56. The summed E-state index contributed by atoms with van der Waals surface area (Å²) in [6.45, 7) is 11.4. The Morgan fingerprint density at radius 1 is 1.33 bits per heavy atom. The molecule has 33 heavy (non-hydrogen) atoms. The van der Waals surface area contributed by atoms with Gasteiger partial charge in [0.25, 0.3) is 0 Å². The predicted molar refractivity (Wildman–Crippen MR) is 123 cm³/mol. The average Bonchev–Trinajstić information content (AvgIpc) is 3.12. The third-order valence-electron chi connectivity index (χ3n) is 6.60. The Labute approximate surface area is 195 Å². The van der Waals surface area contributed by atoms with Crippen molar-refractivity contribution >= 4 is 11.4 Å². The fourth-order valence-electron chi connectivity index (χ4n) is 4.64. The van der Waals surface area contributed by atoms with Gasteiger partial charge in [0.05, 0.1) is 17.1 Å². The minimum absolute atomic E-state index is 0.0865. The van der Waals surface area contributed by atoms with E-state index in [0.717, 1.165) is 50.2 Å². The first-order valence-electron chi connectivity index (χ1n) is 11.9. The summed E-state index contributed by atoms with van der Waals surface area (Å²) in [6, 6.07) is 2.25. The number of hydrogen-bond acceptors (Lipinski definition) is 9. The smallest absolute Gasteiger partial charge is 0.190 e. The first-order valence-corrected chi connectivity index (χ1v) is 11.9. The average molecular weight is 464 g/mol. The number of ether oxygens (including phenoxy) is 3. The zero-order chi connectivity index (χ0) is 23.8. The molecule has 3 aliphatic heterocycles. The van der Waals surface area contributed by atoms with Gasteiger partial charge in [0.15, 0.2) is 12.1 Å². The second-order valence-corrected chi connectivity index (χ2v) is 9.80. The number of aromatic nitrogens is 1. The number of aliphatic hydroxyl groups is 2. The molecule has 0 amide bonds. The van der Waals surface area contributed by atoms with Crippen molar-refractivity contribution in [3.8, 4) is 0 Å². The van der Waals surface area contributed by atoms with Crippen molar-refractivity contribution in [2.75, 3.05) is 24.6 Å². The summed E-state index contributed by atoms with van der Waals surface area (Å²) >= 11 is 0. The van der Waals surface area contributed by atoms with Crippen molar-refractivity contribution < 1.29 is 29.3 Å². The number of oxime groups is 1. The van der Waals surface area contributed by atoms with E-state index in [1.54, 1.807) is 13.8 Å². The van der Waals surface area contributed by atoms with Crippen LogP contribution in [0.3, 0.4) is 0 Å². The summed E-state index contributed by atoms with van der Waals surface area (Å²) < 4.78 is 16.9. The molecule has 2 fully saturated rings. The molecule has 0 aliphatic carbocycles. The maximum atomic E-state index is 10.4. The van der Waals surface area contributed by atoms with Crippen LogP contribution in [-0.2, 0) is 25.5 Å². The van der Waals surface area contributed by atoms with Crippen molar-refractivity contribution in [3.63, 3.8) is 0 Å². The van der Waals surface area contributed by atoms with Gasteiger partial charge in [-0.15, -0.1) is 0 Å². The second kappa shape index (κ2) is 9.84. The monoisotopic (exact) mass is 463 g/mol. The van der Waals surface area contributed by atoms with Gasteiger partial charge in [-0.1, -0.05) is 5.16 Å². The molecule has 9 nitrogen and oxygen atoms in total. The molecule has 184 valence electrons. The number of aliphatic hydroxyl groups excluding tert-OH is 2. The molecule has 1 aromatic heterocycles. The molecule has 0 bridgehead atoms. The lowest BCUT2D eigenvalue weighted by molar-refractivity contribution is -0.228. The van der Waals surface area contributed by atoms with Gasteiger partial charge in [-0.2, -0.15) is 0 Å². The van der Waals surface area contributed by atoms with Crippen LogP contribution in [0.1, 0.15) is 57.0 Å². The number of anilines is 1. The van der Waals surface area contributed by atoms with Crippen LogP contribution in [0.25, 0.3) is 0 Å². The molecule has 3 aliphatic rings. The van der Waals surface area contributed by atoms with E-state index in [1.165, 1.54) is 16.9 Å². The van der Waals surface area contributed by atoms with E-state index in [0.29, 0.717) is 0 Å². The van der Waals surface area contributed by atoms with Crippen LogP contribution >= 0.6 is 0 Å². The van der Waals surface area contributed by atoms with Crippen molar-refractivity contribution in [3.05, 3.63) is 23.0 Å². The summed E-state index contributed by atoms with van der Waals surface area (Å²) in [5.74, 6) is -0.814. The molecule has 0 radical (unpaired) electrons. The summed E-state index contributed by atoms with van der Waals surface area (Å²) in [5.41, 5.74) is 5.55. The van der Waals surface area contributed by atoms with Gasteiger partial charge in [-0.05, 0) is 65.5 Å². The molecule has 4 rings (SSSR count). The molecule has 0 aromatic carbocycles. The maximum absolute atomic E-state index is 10.4. The van der Waals surface area contributed by atoms with Gasteiger partial charge in [-0.25, -0.2) is 0 Å². The molecule has 4 heterocycles. The molecule has 9 heteroatoms. The van der Waals surface area contributed by atoms with E-state index in [4.69, 9.17) is 24.0 Å². The zero-order valence-electron chi connectivity index (χ0n) is 20.3. The van der Waals surface area contributed by atoms with E-state index in [2.05, 4.69) is 30.0 Å². The van der Waals surface area contributed by atoms with Gasteiger partial charge in [0, 0.05) is 25.2 Å². The highest BCUT2D eigenvalue weighted by atomic mass is 16.8. The number of fused-ring (bicyclic) bond motifs is 2. The number of aryl methyl sites for hydroxylation is 3. The number of pyridine rings is 1. The van der Waals surface area contributed by atoms with Gasteiger partial charge in [0.2, 0.25) is 0 Å². The predicted octanol–water partition coefficient (Wildman–Crippen LogP) is 2.22. The summed E-state index contributed by atoms with van der Waals surface area (Å²) in [6.07, 6.45) is -0.157. The van der Waals surface area contributed by atoms with Gasteiger partial charge < -0.3 is 34.2 Å². The van der Waals surface area contributed by atoms with Crippen LogP contribution in [0.4, 0.5) is 5.69 Å². The Kier molecular flexibility index (Phi) is 7.26. The Morgan fingerprint density at radius 2 is 2.12 bits per heavy atom. The normalized spacial score (nSPS) is 30.0. The molecule has 0 spiro atoms. The Balaban J connectivity index is 1.26.